The zero-order valence-electron chi connectivity index (χ0n) is 20.9. The van der Waals surface area contributed by atoms with Gasteiger partial charge in [-0.1, -0.05) is 0 Å². The Labute approximate surface area is 214 Å². The fourth-order valence-corrected chi connectivity index (χ4v) is 6.67. The molecule has 2 aliphatic heterocycles. The number of carbonyl (C=O) groups is 1. The number of hydrogen-bond acceptors (Lipinski definition) is 7. The number of anilines is 2. The molecule has 1 amide bonds. The zero-order valence-corrected chi connectivity index (χ0v) is 21.7. The number of aromatic nitrogens is 3. The topological polar surface area (TPSA) is 106 Å². The number of hydrogen-bond donors (Lipinski definition) is 1. The Morgan fingerprint density at radius 3 is 2.49 bits per heavy atom. The van der Waals surface area contributed by atoms with E-state index < -0.39 is 15.7 Å². The van der Waals surface area contributed by atoms with E-state index in [9.17, 15) is 17.6 Å². The van der Waals surface area contributed by atoms with Gasteiger partial charge in [0, 0.05) is 30.6 Å². The van der Waals surface area contributed by atoms with E-state index in [1.54, 1.807) is 0 Å². The number of fused-ring (bicyclic) bond motifs is 3. The lowest BCUT2D eigenvalue weighted by Gasteiger charge is -2.43. The van der Waals surface area contributed by atoms with Gasteiger partial charge in [-0.25, -0.2) is 27.6 Å². The lowest BCUT2D eigenvalue weighted by molar-refractivity contribution is -0.0577. The summed E-state index contributed by atoms with van der Waals surface area (Å²) in [5, 5.41) is 3.73. The molecule has 3 aromatic rings. The average molecular weight is 528 g/mol. The van der Waals surface area contributed by atoms with Crippen LogP contribution in [-0.2, 0) is 14.6 Å². The number of amides is 1. The fourth-order valence-electron chi connectivity index (χ4n) is 6.03. The van der Waals surface area contributed by atoms with Crippen molar-refractivity contribution in [3.05, 3.63) is 42.6 Å². The highest BCUT2D eigenvalue weighted by Gasteiger charge is 2.47. The number of halogens is 1. The maximum absolute atomic E-state index is 14.7. The standard InChI is InChI=1S/C26H30FN5O4S/c1-26(9-3-10-26)36-25(33)32-16-4-5-17(32)13-18(12-16)31-11-8-20-23(28-15-29-24(20)31)30-22-7-6-19(14-21(22)27)37(2,34)35/h6-8,11,14-18H,3-5,9-10,12-13H2,1-2H3,(H,28,29,30)/t16-,17-/m0/s1. The summed E-state index contributed by atoms with van der Waals surface area (Å²) in [4.78, 5) is 23.7. The van der Waals surface area contributed by atoms with Gasteiger partial charge in [0.2, 0.25) is 0 Å². The monoisotopic (exact) mass is 527 g/mol. The molecule has 1 aromatic carbocycles. The van der Waals surface area contributed by atoms with E-state index in [2.05, 4.69) is 19.9 Å². The highest BCUT2D eigenvalue weighted by atomic mass is 32.2. The van der Waals surface area contributed by atoms with Gasteiger partial charge < -0.3 is 19.5 Å². The molecule has 37 heavy (non-hydrogen) atoms. The van der Waals surface area contributed by atoms with Crippen molar-refractivity contribution < 1.29 is 22.3 Å². The van der Waals surface area contributed by atoms with Crippen molar-refractivity contribution in [2.45, 2.75) is 80.5 Å². The average Bonchev–Trinajstić information content (AvgIpc) is 3.38. The maximum Gasteiger partial charge on any atom is 0.410 e. The zero-order chi connectivity index (χ0) is 25.9. The number of piperidine rings is 1. The van der Waals surface area contributed by atoms with Crippen molar-refractivity contribution >= 4 is 38.5 Å². The summed E-state index contributed by atoms with van der Waals surface area (Å²) in [6.07, 6.45) is 10.8. The molecule has 11 heteroatoms. The molecule has 2 saturated heterocycles. The van der Waals surface area contributed by atoms with Gasteiger partial charge in [0.15, 0.2) is 9.84 Å². The van der Waals surface area contributed by atoms with Gasteiger partial charge in [0.05, 0.1) is 16.0 Å². The summed E-state index contributed by atoms with van der Waals surface area (Å²) in [5.41, 5.74) is 0.549. The van der Waals surface area contributed by atoms with Gasteiger partial charge in [0.1, 0.15) is 29.2 Å². The molecule has 4 heterocycles. The van der Waals surface area contributed by atoms with Crippen LogP contribution in [0.15, 0.2) is 41.7 Å². The first-order valence-corrected chi connectivity index (χ1v) is 14.6. The number of rotatable bonds is 5. The molecule has 0 spiro atoms. The molecule has 9 nitrogen and oxygen atoms in total. The minimum atomic E-state index is -3.51. The second-order valence-corrected chi connectivity index (χ2v) is 12.8. The third-order valence-corrected chi connectivity index (χ3v) is 9.30. The quantitative estimate of drug-likeness (QED) is 0.500. The van der Waals surface area contributed by atoms with Crippen LogP contribution in [0.4, 0.5) is 20.7 Å². The Hall–Kier alpha value is -3.21. The summed E-state index contributed by atoms with van der Waals surface area (Å²) < 4.78 is 46.1. The molecule has 0 unspecified atom stereocenters. The van der Waals surface area contributed by atoms with Crippen LogP contribution in [0.2, 0.25) is 0 Å². The molecule has 196 valence electrons. The highest BCUT2D eigenvalue weighted by molar-refractivity contribution is 7.90. The molecule has 3 aliphatic rings. The largest absolute Gasteiger partial charge is 0.443 e. The summed E-state index contributed by atoms with van der Waals surface area (Å²) in [6, 6.07) is 6.12. The third-order valence-electron chi connectivity index (χ3n) is 8.19. The normalized spacial score (nSPS) is 24.6. The molecule has 0 radical (unpaired) electrons. The van der Waals surface area contributed by atoms with Crippen LogP contribution < -0.4 is 5.32 Å². The van der Waals surface area contributed by atoms with E-state index in [-0.39, 0.29) is 40.4 Å². The number of benzene rings is 1. The molecule has 2 atom stereocenters. The first-order valence-electron chi connectivity index (χ1n) is 12.7. The Balaban J connectivity index is 1.22. The Morgan fingerprint density at radius 1 is 1.14 bits per heavy atom. The smallest absolute Gasteiger partial charge is 0.410 e. The molecule has 2 aromatic heterocycles. The molecule has 2 bridgehead atoms. The van der Waals surface area contributed by atoms with Crippen molar-refractivity contribution in [2.24, 2.45) is 0 Å². The Kier molecular flexibility index (Phi) is 5.66. The number of nitrogens with zero attached hydrogens (tertiary/aromatic N) is 4. The maximum atomic E-state index is 14.7. The van der Waals surface area contributed by atoms with E-state index >= 15 is 0 Å². The lowest BCUT2D eigenvalue weighted by atomic mass is 9.82. The number of sulfone groups is 1. The number of nitrogens with one attached hydrogen (secondary N) is 1. The SMILES string of the molecule is CC1(OC(=O)N2[C@H]3CC[C@H]2CC(n2ccc4c(Nc5ccc(S(C)(=O)=O)cc5F)ncnc42)C3)CCC1. The molecule has 1 saturated carbocycles. The van der Waals surface area contributed by atoms with Gasteiger partial charge in [-0.05, 0) is 76.1 Å². The number of carbonyl (C=O) groups excluding carboxylic acids is 1. The Bertz CT molecular complexity index is 1470. The first-order chi connectivity index (χ1) is 17.6. The van der Waals surface area contributed by atoms with Gasteiger partial charge in [-0.15, -0.1) is 0 Å². The van der Waals surface area contributed by atoms with Crippen LogP contribution in [0.5, 0.6) is 0 Å². The van der Waals surface area contributed by atoms with Crippen molar-refractivity contribution in [1.29, 1.82) is 0 Å². The molecule has 1 N–H and O–H groups in total. The summed E-state index contributed by atoms with van der Waals surface area (Å²) in [6.45, 7) is 2.02. The van der Waals surface area contributed by atoms with Crippen LogP contribution in [0.25, 0.3) is 11.0 Å². The molecular weight excluding hydrogens is 497 g/mol. The van der Waals surface area contributed by atoms with E-state index in [4.69, 9.17) is 4.74 Å². The predicted octanol–water partition coefficient (Wildman–Crippen LogP) is 4.96. The van der Waals surface area contributed by atoms with E-state index in [1.807, 2.05) is 24.1 Å². The van der Waals surface area contributed by atoms with E-state index in [0.29, 0.717) is 5.82 Å². The van der Waals surface area contributed by atoms with Crippen molar-refractivity contribution in [1.82, 2.24) is 19.4 Å². The summed E-state index contributed by atoms with van der Waals surface area (Å²) in [5.74, 6) is -0.242. The van der Waals surface area contributed by atoms with Gasteiger partial charge in [-0.2, -0.15) is 0 Å². The number of ether oxygens (including phenoxy) is 1. The Morgan fingerprint density at radius 2 is 1.86 bits per heavy atom. The summed E-state index contributed by atoms with van der Waals surface area (Å²) in [7, 11) is -3.51. The highest BCUT2D eigenvalue weighted by Crippen LogP contribution is 2.44. The third kappa shape index (κ3) is 4.32. The molecule has 1 aliphatic carbocycles. The van der Waals surface area contributed by atoms with Crippen LogP contribution in [0.1, 0.15) is 57.9 Å². The second kappa shape index (κ2) is 8.68. The summed E-state index contributed by atoms with van der Waals surface area (Å²) >= 11 is 0. The van der Waals surface area contributed by atoms with E-state index in [0.717, 1.165) is 68.3 Å². The van der Waals surface area contributed by atoms with Gasteiger partial charge in [0.25, 0.3) is 0 Å². The fraction of sp³-hybridized carbons (Fsp3) is 0.500. The van der Waals surface area contributed by atoms with Crippen LogP contribution in [0, 0.1) is 5.82 Å². The van der Waals surface area contributed by atoms with Crippen molar-refractivity contribution in [3.8, 4) is 0 Å². The lowest BCUT2D eigenvalue weighted by Crippen LogP contribution is -2.50. The van der Waals surface area contributed by atoms with Crippen LogP contribution >= 0.6 is 0 Å². The molecule has 6 rings (SSSR count). The van der Waals surface area contributed by atoms with Crippen LogP contribution in [-0.4, -0.2) is 57.9 Å². The van der Waals surface area contributed by atoms with Gasteiger partial charge in [-0.3, -0.25) is 0 Å². The first kappa shape index (κ1) is 24.1. The van der Waals surface area contributed by atoms with Crippen molar-refractivity contribution in [3.63, 3.8) is 0 Å². The minimum absolute atomic E-state index is 0.0822. The molecule has 3 fully saturated rings. The van der Waals surface area contributed by atoms with E-state index in [1.165, 1.54) is 18.5 Å². The van der Waals surface area contributed by atoms with Crippen LogP contribution in [0.3, 0.4) is 0 Å². The van der Waals surface area contributed by atoms with Crippen molar-refractivity contribution in [2.75, 3.05) is 11.6 Å². The van der Waals surface area contributed by atoms with Gasteiger partial charge >= 0.3 is 6.09 Å². The second-order valence-electron chi connectivity index (χ2n) is 10.8. The predicted molar refractivity (Wildman–Crippen MR) is 136 cm³/mol. The minimum Gasteiger partial charge on any atom is -0.443 e. The molecular formula is C26H30FN5O4S.